The van der Waals surface area contributed by atoms with E-state index in [0.29, 0.717) is 18.2 Å². The van der Waals surface area contributed by atoms with Crippen molar-refractivity contribution in [1.29, 1.82) is 0 Å². The lowest BCUT2D eigenvalue weighted by molar-refractivity contribution is -0.137. The monoisotopic (exact) mass is 266 g/mol. The molecule has 4 heteroatoms. The lowest BCUT2D eigenvalue weighted by Crippen LogP contribution is -2.01. The Morgan fingerprint density at radius 1 is 1.56 bits per heavy atom. The Bertz CT molecular complexity index is 480. The van der Waals surface area contributed by atoms with Gasteiger partial charge in [-0.2, -0.15) is 0 Å². The normalized spacial score (nSPS) is 16.7. The van der Waals surface area contributed by atoms with Gasteiger partial charge in [-0.25, -0.2) is 4.79 Å². The van der Waals surface area contributed by atoms with Crippen LogP contribution in [0.15, 0.2) is 24.3 Å². The van der Waals surface area contributed by atoms with Crippen LogP contribution < -0.4 is 4.74 Å². The Labute approximate surface area is 111 Å². The SMILES string of the molecule is CCOC(=O)C=C1CCCOc2ccc(Cl)cc21. The van der Waals surface area contributed by atoms with Gasteiger partial charge >= 0.3 is 5.97 Å². The fraction of sp³-hybridized carbons (Fsp3) is 0.357. The molecule has 0 N–H and O–H groups in total. The van der Waals surface area contributed by atoms with Crippen molar-refractivity contribution < 1.29 is 14.3 Å². The molecule has 0 fully saturated rings. The number of carbonyl (C=O) groups excluding carboxylic acids is 1. The summed E-state index contributed by atoms with van der Waals surface area (Å²) in [6.07, 6.45) is 3.19. The molecule has 0 bridgehead atoms. The summed E-state index contributed by atoms with van der Waals surface area (Å²) in [5, 5.41) is 0.633. The van der Waals surface area contributed by atoms with Crippen LogP contribution in [0.4, 0.5) is 0 Å². The van der Waals surface area contributed by atoms with E-state index in [1.165, 1.54) is 6.08 Å². The highest BCUT2D eigenvalue weighted by Gasteiger charge is 2.15. The predicted octanol–water partition coefficient (Wildman–Crippen LogP) is 3.46. The second-order valence-corrected chi connectivity index (χ2v) is 4.45. The van der Waals surface area contributed by atoms with Gasteiger partial charge in [-0.3, -0.25) is 0 Å². The number of halogens is 1. The van der Waals surface area contributed by atoms with Crippen molar-refractivity contribution >= 4 is 23.1 Å². The first kappa shape index (κ1) is 13.0. The fourth-order valence-corrected chi connectivity index (χ4v) is 2.11. The Balaban J connectivity index is 2.37. The zero-order valence-corrected chi connectivity index (χ0v) is 11.0. The van der Waals surface area contributed by atoms with Crippen molar-refractivity contribution in [1.82, 2.24) is 0 Å². The highest BCUT2D eigenvalue weighted by molar-refractivity contribution is 6.30. The smallest absolute Gasteiger partial charge is 0.331 e. The van der Waals surface area contributed by atoms with Crippen molar-refractivity contribution in [2.45, 2.75) is 19.8 Å². The highest BCUT2D eigenvalue weighted by Crippen LogP contribution is 2.34. The van der Waals surface area contributed by atoms with Gasteiger partial charge in [-0.15, -0.1) is 0 Å². The number of hydrogen-bond acceptors (Lipinski definition) is 3. The van der Waals surface area contributed by atoms with Gasteiger partial charge in [0.25, 0.3) is 0 Å². The third kappa shape index (κ3) is 3.05. The van der Waals surface area contributed by atoms with Crippen LogP contribution in [-0.2, 0) is 9.53 Å². The quantitative estimate of drug-likeness (QED) is 0.607. The molecule has 96 valence electrons. The van der Waals surface area contributed by atoms with E-state index in [1.807, 2.05) is 12.1 Å². The lowest BCUT2D eigenvalue weighted by Gasteiger charge is -2.09. The molecule has 1 aromatic carbocycles. The van der Waals surface area contributed by atoms with Crippen LogP contribution in [0.2, 0.25) is 5.02 Å². The maximum Gasteiger partial charge on any atom is 0.331 e. The first-order valence-electron chi connectivity index (χ1n) is 6.00. The van der Waals surface area contributed by atoms with E-state index in [-0.39, 0.29) is 5.97 Å². The van der Waals surface area contributed by atoms with Crippen LogP contribution in [0.25, 0.3) is 5.57 Å². The van der Waals surface area contributed by atoms with Crippen LogP contribution in [-0.4, -0.2) is 19.2 Å². The third-order valence-corrected chi connectivity index (χ3v) is 2.95. The zero-order valence-electron chi connectivity index (χ0n) is 10.2. The molecule has 1 aliphatic rings. The Morgan fingerprint density at radius 3 is 3.17 bits per heavy atom. The number of esters is 1. The molecule has 0 atom stereocenters. The lowest BCUT2D eigenvalue weighted by atomic mass is 10.0. The zero-order chi connectivity index (χ0) is 13.0. The molecule has 0 aliphatic carbocycles. The summed E-state index contributed by atoms with van der Waals surface area (Å²) in [6.45, 7) is 2.81. The Hall–Kier alpha value is -1.48. The molecule has 0 unspecified atom stereocenters. The van der Waals surface area contributed by atoms with Crippen molar-refractivity contribution in [3.8, 4) is 5.75 Å². The number of ether oxygens (including phenoxy) is 2. The Morgan fingerprint density at radius 2 is 2.39 bits per heavy atom. The van der Waals surface area contributed by atoms with E-state index in [0.717, 1.165) is 29.7 Å². The Kier molecular flexibility index (Phi) is 4.26. The van der Waals surface area contributed by atoms with Gasteiger partial charge < -0.3 is 9.47 Å². The van der Waals surface area contributed by atoms with Crippen molar-refractivity contribution in [2.24, 2.45) is 0 Å². The van der Waals surface area contributed by atoms with Crippen molar-refractivity contribution in [2.75, 3.05) is 13.2 Å². The van der Waals surface area contributed by atoms with E-state index >= 15 is 0 Å². The number of carbonyl (C=O) groups is 1. The molecule has 3 nitrogen and oxygen atoms in total. The van der Waals surface area contributed by atoms with Crippen molar-refractivity contribution in [3.63, 3.8) is 0 Å². The molecule has 0 amide bonds. The predicted molar refractivity (Wildman–Crippen MR) is 70.8 cm³/mol. The second kappa shape index (κ2) is 5.91. The van der Waals surface area contributed by atoms with Gasteiger partial charge in [0.1, 0.15) is 5.75 Å². The second-order valence-electron chi connectivity index (χ2n) is 4.01. The summed E-state index contributed by atoms with van der Waals surface area (Å²) >= 11 is 5.99. The van der Waals surface area contributed by atoms with E-state index in [4.69, 9.17) is 21.1 Å². The number of allylic oxidation sites excluding steroid dienone is 1. The highest BCUT2D eigenvalue weighted by atomic mass is 35.5. The molecule has 1 aromatic rings. The van der Waals surface area contributed by atoms with Gasteiger partial charge in [0, 0.05) is 16.7 Å². The molecular weight excluding hydrogens is 252 g/mol. The van der Waals surface area contributed by atoms with Gasteiger partial charge in [-0.05, 0) is 43.5 Å². The van der Waals surface area contributed by atoms with E-state index < -0.39 is 0 Å². The van der Waals surface area contributed by atoms with Gasteiger partial charge in [-0.1, -0.05) is 11.6 Å². The molecule has 18 heavy (non-hydrogen) atoms. The first-order valence-corrected chi connectivity index (χ1v) is 6.38. The third-order valence-electron chi connectivity index (χ3n) is 2.71. The molecule has 2 rings (SSSR count). The van der Waals surface area contributed by atoms with Gasteiger partial charge in [0.05, 0.1) is 13.2 Å². The standard InChI is InChI=1S/C14H15ClO3/c1-2-17-14(16)8-10-4-3-7-18-13-6-5-11(15)9-12(10)13/h5-6,8-9H,2-4,7H2,1H3. The average molecular weight is 267 g/mol. The van der Waals surface area contributed by atoms with Crippen LogP contribution in [0.3, 0.4) is 0 Å². The summed E-state index contributed by atoms with van der Waals surface area (Å²) in [5.74, 6) is 0.452. The van der Waals surface area contributed by atoms with Crippen LogP contribution >= 0.6 is 11.6 Å². The number of benzene rings is 1. The largest absolute Gasteiger partial charge is 0.493 e. The summed E-state index contributed by atoms with van der Waals surface area (Å²) < 4.78 is 10.6. The summed E-state index contributed by atoms with van der Waals surface area (Å²) in [7, 11) is 0. The van der Waals surface area contributed by atoms with E-state index in [9.17, 15) is 4.79 Å². The molecule has 0 aromatic heterocycles. The average Bonchev–Trinajstić information content (AvgIpc) is 2.52. The summed E-state index contributed by atoms with van der Waals surface area (Å²) in [4.78, 5) is 11.5. The van der Waals surface area contributed by atoms with Crippen LogP contribution in [0.1, 0.15) is 25.3 Å². The number of hydrogen-bond donors (Lipinski definition) is 0. The number of rotatable bonds is 2. The van der Waals surface area contributed by atoms with Crippen LogP contribution in [0.5, 0.6) is 5.75 Å². The minimum absolute atomic E-state index is 0.319. The summed E-state index contributed by atoms with van der Waals surface area (Å²) in [5.41, 5.74) is 1.80. The van der Waals surface area contributed by atoms with Crippen LogP contribution in [0, 0.1) is 0 Å². The topological polar surface area (TPSA) is 35.5 Å². The van der Waals surface area contributed by atoms with Gasteiger partial charge in [0.2, 0.25) is 0 Å². The molecule has 0 saturated carbocycles. The molecular formula is C14H15ClO3. The minimum Gasteiger partial charge on any atom is -0.493 e. The molecule has 1 heterocycles. The maximum atomic E-state index is 11.5. The number of fused-ring (bicyclic) bond motifs is 1. The molecule has 0 radical (unpaired) electrons. The fourth-order valence-electron chi connectivity index (χ4n) is 1.93. The maximum absolute atomic E-state index is 11.5. The van der Waals surface area contributed by atoms with Gasteiger partial charge in [0.15, 0.2) is 0 Å². The molecule has 1 aliphatic heterocycles. The first-order chi connectivity index (χ1) is 8.70. The molecule has 0 saturated heterocycles. The van der Waals surface area contributed by atoms with Crippen molar-refractivity contribution in [3.05, 3.63) is 34.9 Å². The van der Waals surface area contributed by atoms with E-state index in [1.54, 1.807) is 13.0 Å². The summed E-state index contributed by atoms with van der Waals surface area (Å²) in [6, 6.07) is 5.45. The molecule has 0 spiro atoms. The van der Waals surface area contributed by atoms with E-state index in [2.05, 4.69) is 0 Å². The minimum atomic E-state index is -0.319.